The molecule has 26 heavy (non-hydrogen) atoms. The quantitative estimate of drug-likeness (QED) is 0.890. The molecule has 2 amide bonds. The zero-order valence-electron chi connectivity index (χ0n) is 15.1. The third-order valence-electron chi connectivity index (χ3n) is 5.50. The number of carboxylic acids is 1. The van der Waals surface area contributed by atoms with Gasteiger partial charge in [0.05, 0.1) is 0 Å². The van der Waals surface area contributed by atoms with E-state index in [2.05, 4.69) is 0 Å². The monoisotopic (exact) mass is 360 g/mol. The molecule has 0 radical (unpaired) electrons. The standard InChI is InChI=1S/C19H24N2O5/c1-18(2,16(23)24)20-12-10-19(15(20)22)9-6-11-21(19)17(25)26-13-14-7-4-3-5-8-14/h3-5,7-8H,6,9-13H2,1-2H3,(H,23,24). The summed E-state index contributed by atoms with van der Waals surface area (Å²) in [5.74, 6) is -1.35. The first-order valence-corrected chi connectivity index (χ1v) is 8.83. The highest BCUT2D eigenvalue weighted by atomic mass is 16.6. The van der Waals surface area contributed by atoms with Crippen molar-refractivity contribution in [2.75, 3.05) is 13.1 Å². The van der Waals surface area contributed by atoms with Gasteiger partial charge in [-0.05, 0) is 38.7 Å². The second kappa shape index (κ2) is 6.63. The first-order valence-electron chi connectivity index (χ1n) is 8.83. The van der Waals surface area contributed by atoms with E-state index in [0.717, 1.165) is 5.56 Å². The molecule has 1 aromatic rings. The van der Waals surface area contributed by atoms with E-state index in [4.69, 9.17) is 4.74 Å². The van der Waals surface area contributed by atoms with Crippen LogP contribution in [0.1, 0.15) is 38.7 Å². The fraction of sp³-hybridized carbons (Fsp3) is 0.526. The number of benzene rings is 1. The Labute approximate surface area is 152 Å². The molecule has 1 N–H and O–H groups in total. The van der Waals surface area contributed by atoms with Gasteiger partial charge in [0.15, 0.2) is 0 Å². The van der Waals surface area contributed by atoms with Gasteiger partial charge in [0.25, 0.3) is 0 Å². The lowest BCUT2D eigenvalue weighted by Crippen LogP contribution is -2.58. The number of hydrogen-bond acceptors (Lipinski definition) is 4. The molecule has 2 aliphatic rings. The van der Waals surface area contributed by atoms with E-state index < -0.39 is 23.1 Å². The Balaban J connectivity index is 1.74. The number of likely N-dealkylation sites (tertiary alicyclic amines) is 2. The molecular weight excluding hydrogens is 336 g/mol. The Hall–Kier alpha value is -2.57. The van der Waals surface area contributed by atoms with Crippen molar-refractivity contribution in [2.45, 2.75) is 50.8 Å². The molecule has 7 heteroatoms. The molecule has 0 aliphatic carbocycles. The summed E-state index contributed by atoms with van der Waals surface area (Å²) in [4.78, 5) is 40.1. The Morgan fingerprint density at radius 3 is 2.54 bits per heavy atom. The predicted octanol–water partition coefficient (Wildman–Crippen LogP) is 2.25. The average molecular weight is 360 g/mol. The highest BCUT2D eigenvalue weighted by molar-refractivity contribution is 5.96. The number of nitrogens with zero attached hydrogens (tertiary/aromatic N) is 2. The zero-order valence-corrected chi connectivity index (χ0v) is 15.1. The summed E-state index contributed by atoms with van der Waals surface area (Å²) >= 11 is 0. The summed E-state index contributed by atoms with van der Waals surface area (Å²) in [6.07, 6.45) is 1.16. The second-order valence-electron chi connectivity index (χ2n) is 7.40. The van der Waals surface area contributed by atoms with Crippen LogP contribution in [-0.4, -0.2) is 57.0 Å². The minimum atomic E-state index is -1.30. The van der Waals surface area contributed by atoms with E-state index in [0.29, 0.717) is 32.4 Å². The summed E-state index contributed by atoms with van der Waals surface area (Å²) in [5, 5.41) is 9.44. The minimum absolute atomic E-state index is 0.144. The normalized spacial score (nSPS) is 22.9. The molecule has 2 fully saturated rings. The fourth-order valence-corrected chi connectivity index (χ4v) is 3.83. The molecular formula is C19H24N2O5. The lowest BCUT2D eigenvalue weighted by Gasteiger charge is -2.36. The second-order valence-corrected chi connectivity index (χ2v) is 7.40. The van der Waals surface area contributed by atoms with Gasteiger partial charge in [0, 0.05) is 13.1 Å². The van der Waals surface area contributed by atoms with Crippen LogP contribution in [0.25, 0.3) is 0 Å². The maximum Gasteiger partial charge on any atom is 0.411 e. The lowest BCUT2D eigenvalue weighted by molar-refractivity contribution is -0.157. The van der Waals surface area contributed by atoms with Crippen molar-refractivity contribution in [3.05, 3.63) is 35.9 Å². The minimum Gasteiger partial charge on any atom is -0.480 e. The highest BCUT2D eigenvalue weighted by Gasteiger charge is 2.59. The van der Waals surface area contributed by atoms with Crippen LogP contribution in [0.3, 0.4) is 0 Å². The van der Waals surface area contributed by atoms with Gasteiger partial charge in [-0.3, -0.25) is 9.69 Å². The van der Waals surface area contributed by atoms with E-state index in [9.17, 15) is 19.5 Å². The summed E-state index contributed by atoms with van der Waals surface area (Å²) < 4.78 is 5.42. The van der Waals surface area contributed by atoms with Crippen molar-refractivity contribution in [3.63, 3.8) is 0 Å². The van der Waals surface area contributed by atoms with E-state index in [1.54, 1.807) is 0 Å². The summed E-state index contributed by atoms with van der Waals surface area (Å²) in [5.41, 5.74) is -1.40. The average Bonchev–Trinajstić information content (AvgIpc) is 3.19. The number of rotatable bonds is 4. The lowest BCUT2D eigenvalue weighted by atomic mass is 9.94. The van der Waals surface area contributed by atoms with Crippen molar-refractivity contribution in [1.29, 1.82) is 0 Å². The van der Waals surface area contributed by atoms with Crippen molar-refractivity contribution in [2.24, 2.45) is 0 Å². The molecule has 140 valence electrons. The fourth-order valence-electron chi connectivity index (χ4n) is 3.83. The Kier molecular flexibility index (Phi) is 4.64. The molecule has 2 heterocycles. The van der Waals surface area contributed by atoms with Gasteiger partial charge in [-0.2, -0.15) is 0 Å². The molecule has 3 rings (SSSR count). The van der Waals surface area contributed by atoms with E-state index in [1.807, 2.05) is 30.3 Å². The number of aliphatic carboxylic acids is 1. The molecule has 0 saturated carbocycles. The molecule has 1 aromatic carbocycles. The highest BCUT2D eigenvalue weighted by Crippen LogP contribution is 2.41. The molecule has 2 saturated heterocycles. The van der Waals surface area contributed by atoms with Gasteiger partial charge < -0.3 is 14.7 Å². The maximum atomic E-state index is 13.1. The topological polar surface area (TPSA) is 87.2 Å². The molecule has 7 nitrogen and oxygen atoms in total. The third-order valence-corrected chi connectivity index (χ3v) is 5.50. The number of carboxylic acid groups (broad SMARTS) is 1. The molecule has 1 atom stereocenters. The molecule has 1 unspecified atom stereocenters. The first-order chi connectivity index (χ1) is 12.3. The van der Waals surface area contributed by atoms with Crippen molar-refractivity contribution in [1.82, 2.24) is 9.80 Å². The SMILES string of the molecule is CC(C)(C(=O)O)N1CCC2(CCCN2C(=O)OCc2ccccc2)C1=O. The van der Waals surface area contributed by atoms with E-state index >= 15 is 0 Å². The van der Waals surface area contributed by atoms with Crippen molar-refractivity contribution in [3.8, 4) is 0 Å². The van der Waals surface area contributed by atoms with Crippen LogP contribution >= 0.6 is 0 Å². The van der Waals surface area contributed by atoms with Crippen LogP contribution in [0, 0.1) is 0 Å². The smallest absolute Gasteiger partial charge is 0.411 e. The Morgan fingerprint density at radius 2 is 1.88 bits per heavy atom. The molecule has 1 spiro atoms. The van der Waals surface area contributed by atoms with Crippen molar-refractivity contribution < 1.29 is 24.2 Å². The Morgan fingerprint density at radius 1 is 1.19 bits per heavy atom. The number of amides is 2. The molecule has 2 aliphatic heterocycles. The van der Waals surface area contributed by atoms with Crippen LogP contribution in [0.15, 0.2) is 30.3 Å². The van der Waals surface area contributed by atoms with Crippen LogP contribution < -0.4 is 0 Å². The van der Waals surface area contributed by atoms with E-state index in [1.165, 1.54) is 23.6 Å². The van der Waals surface area contributed by atoms with Gasteiger partial charge in [-0.1, -0.05) is 30.3 Å². The number of carbonyl (C=O) groups excluding carboxylic acids is 2. The third kappa shape index (κ3) is 2.91. The van der Waals surface area contributed by atoms with Crippen molar-refractivity contribution >= 4 is 18.0 Å². The van der Waals surface area contributed by atoms with E-state index in [-0.39, 0.29) is 12.5 Å². The Bertz CT molecular complexity index is 718. The van der Waals surface area contributed by atoms with Crippen LogP contribution in [0.2, 0.25) is 0 Å². The maximum absolute atomic E-state index is 13.1. The van der Waals surface area contributed by atoms with Gasteiger partial charge >= 0.3 is 12.1 Å². The summed E-state index contributed by atoms with van der Waals surface area (Å²) in [7, 11) is 0. The largest absolute Gasteiger partial charge is 0.480 e. The van der Waals surface area contributed by atoms with Crippen LogP contribution in [0.4, 0.5) is 4.79 Å². The van der Waals surface area contributed by atoms with Gasteiger partial charge in [0.2, 0.25) is 5.91 Å². The number of carbonyl (C=O) groups is 3. The first kappa shape index (κ1) is 18.2. The van der Waals surface area contributed by atoms with Gasteiger partial charge in [0.1, 0.15) is 17.7 Å². The molecule has 0 aromatic heterocycles. The van der Waals surface area contributed by atoms with Gasteiger partial charge in [-0.25, -0.2) is 9.59 Å². The van der Waals surface area contributed by atoms with Crippen LogP contribution in [0.5, 0.6) is 0 Å². The number of ether oxygens (including phenoxy) is 1. The molecule has 0 bridgehead atoms. The summed E-state index contributed by atoms with van der Waals surface area (Å²) in [6.45, 7) is 3.94. The zero-order chi connectivity index (χ0) is 18.9. The predicted molar refractivity (Wildman–Crippen MR) is 93.3 cm³/mol. The van der Waals surface area contributed by atoms with Gasteiger partial charge in [-0.15, -0.1) is 0 Å². The number of hydrogen-bond donors (Lipinski definition) is 1. The van der Waals surface area contributed by atoms with Crippen LogP contribution in [-0.2, 0) is 20.9 Å². The summed E-state index contributed by atoms with van der Waals surface area (Å²) in [6, 6.07) is 9.35.